The molecule has 2 aromatic heterocycles. The molecule has 5 N–H and O–H groups in total. The van der Waals surface area contributed by atoms with Crippen molar-refractivity contribution in [1.29, 1.82) is 0 Å². The van der Waals surface area contributed by atoms with Gasteiger partial charge >= 0.3 is 7.75 Å². The van der Waals surface area contributed by atoms with Crippen LogP contribution in [0.15, 0.2) is 36.7 Å². The van der Waals surface area contributed by atoms with Crippen molar-refractivity contribution in [2.24, 2.45) is 0 Å². The van der Waals surface area contributed by atoms with Crippen molar-refractivity contribution in [3.05, 3.63) is 36.7 Å². The van der Waals surface area contributed by atoms with E-state index in [4.69, 9.17) is 19.5 Å². The minimum absolute atomic E-state index is 0.0633. The van der Waals surface area contributed by atoms with Gasteiger partial charge < -0.3 is 30.2 Å². The lowest BCUT2D eigenvalue weighted by molar-refractivity contribution is -0.112. The zero-order valence-corrected chi connectivity index (χ0v) is 20.4. The van der Waals surface area contributed by atoms with Crippen LogP contribution in [0.3, 0.4) is 0 Å². The minimum Gasteiger partial charge on any atom is -0.413 e. The maximum atomic E-state index is 16.2. The van der Waals surface area contributed by atoms with Crippen LogP contribution >= 0.6 is 7.75 Å². The Balaban J connectivity index is 1.42. The highest BCUT2D eigenvalue weighted by atomic mass is 31.2. The fraction of sp³-hybridized carbons (Fsp3) is 0.429. The van der Waals surface area contributed by atoms with Gasteiger partial charge in [0.15, 0.2) is 34.5 Å². The molecule has 0 spiro atoms. The van der Waals surface area contributed by atoms with E-state index in [0.29, 0.717) is 17.6 Å². The first kappa shape index (κ1) is 24.5. The van der Waals surface area contributed by atoms with Gasteiger partial charge in [-0.15, -0.1) is 0 Å². The van der Waals surface area contributed by atoms with Gasteiger partial charge in [0.05, 0.1) is 12.4 Å². The third kappa shape index (κ3) is 3.73. The first-order valence-corrected chi connectivity index (χ1v) is 12.6. The number of para-hydroxylation sites is 1. The number of nitrogens with one attached hydrogen (secondary N) is 2. The van der Waals surface area contributed by atoms with Crippen molar-refractivity contribution in [2.75, 3.05) is 18.1 Å². The van der Waals surface area contributed by atoms with Crippen molar-refractivity contribution < 1.29 is 32.6 Å². The van der Waals surface area contributed by atoms with Crippen LogP contribution in [0.4, 0.5) is 16.2 Å². The first-order valence-electron chi connectivity index (χ1n) is 11.0. The largest absolute Gasteiger partial charge is 0.459 e. The smallest absolute Gasteiger partial charge is 0.413 e. The Kier molecular flexibility index (Phi) is 5.76. The van der Waals surface area contributed by atoms with Crippen molar-refractivity contribution in [2.45, 2.75) is 49.6 Å². The van der Waals surface area contributed by atoms with Crippen LogP contribution in [0, 0.1) is 0 Å². The molecule has 3 unspecified atom stereocenters. The number of nitrogens with two attached hydrogens (primary N) is 1. The fourth-order valence-electron chi connectivity index (χ4n) is 4.38. The number of carbonyl (C=O) groups excluding carboxylic acids is 1. The number of benzene rings is 1. The molecule has 13 nitrogen and oxygen atoms in total. The van der Waals surface area contributed by atoms with E-state index < -0.39 is 43.5 Å². The Morgan fingerprint density at radius 3 is 2.69 bits per heavy atom. The molecule has 0 amide bonds. The molecule has 36 heavy (non-hydrogen) atoms. The van der Waals surface area contributed by atoms with Gasteiger partial charge in [-0.25, -0.2) is 19.0 Å². The molecule has 1 saturated carbocycles. The molecule has 0 radical (unpaired) electrons. The van der Waals surface area contributed by atoms with Gasteiger partial charge in [-0.05, 0) is 26.0 Å². The average molecular weight is 521 g/mol. The Morgan fingerprint density at radius 1 is 1.36 bits per heavy atom. The Hall–Kier alpha value is -3.16. The summed E-state index contributed by atoms with van der Waals surface area (Å²) in [4.78, 5) is 23.6. The third-order valence-corrected chi connectivity index (χ3v) is 7.95. The van der Waals surface area contributed by atoms with Crippen LogP contribution < -0.4 is 20.7 Å². The molecule has 2 aliphatic rings. The van der Waals surface area contributed by atoms with E-state index in [2.05, 4.69) is 25.4 Å². The van der Waals surface area contributed by atoms with Crippen molar-refractivity contribution >= 4 is 37.0 Å². The topological polar surface area (TPSA) is 176 Å². The van der Waals surface area contributed by atoms with Gasteiger partial charge in [0.1, 0.15) is 24.2 Å². The number of halogens is 1. The number of imidazole rings is 1. The van der Waals surface area contributed by atoms with Crippen molar-refractivity contribution in [3.8, 4) is 5.75 Å². The SMILES string of the molecule is CNc1nc(N)nc2c1ncn2[C@@H]1OC2C(OP(=O)(N[C@H](C)C=O)Oc3ccccc3)[C@]2(O)[C@@]1(C)F. The Labute approximate surface area is 204 Å². The summed E-state index contributed by atoms with van der Waals surface area (Å²) in [6.07, 6.45) is -2.09. The number of hydrogen-bond donors (Lipinski definition) is 4. The Bertz CT molecular complexity index is 1360. The predicted octanol–water partition coefficient (Wildman–Crippen LogP) is 1.57. The van der Waals surface area contributed by atoms with Crippen molar-refractivity contribution in [1.82, 2.24) is 24.6 Å². The second-order valence-corrected chi connectivity index (χ2v) is 10.4. The maximum absolute atomic E-state index is 16.2. The maximum Gasteiger partial charge on any atom is 0.459 e. The predicted molar refractivity (Wildman–Crippen MR) is 126 cm³/mol. The molecule has 1 aromatic carbocycles. The summed E-state index contributed by atoms with van der Waals surface area (Å²) in [7, 11) is -2.62. The van der Waals surface area contributed by atoms with Crippen LogP contribution in [0.25, 0.3) is 11.2 Å². The van der Waals surface area contributed by atoms with Gasteiger partial charge in [-0.3, -0.25) is 9.09 Å². The molecule has 7 atom stereocenters. The molecule has 192 valence electrons. The van der Waals surface area contributed by atoms with E-state index in [1.54, 1.807) is 25.2 Å². The lowest BCUT2D eigenvalue weighted by atomic mass is 9.97. The molecular weight excluding hydrogens is 496 g/mol. The number of fused-ring (bicyclic) bond motifs is 2. The normalized spacial score (nSPS) is 31.4. The molecular formula is C21H25FN7O6P. The number of aromatic nitrogens is 4. The first-order chi connectivity index (χ1) is 17.0. The number of aliphatic hydroxyl groups is 1. The molecule has 3 aromatic rings. The number of carbonyl (C=O) groups is 1. The monoisotopic (exact) mass is 521 g/mol. The second-order valence-electron chi connectivity index (χ2n) is 8.80. The number of nitrogens with zero attached hydrogens (tertiary/aromatic N) is 4. The fourth-order valence-corrected chi connectivity index (χ4v) is 6.07. The number of alkyl halides is 1. The summed E-state index contributed by atoms with van der Waals surface area (Å²) in [5, 5.41) is 16.6. The summed E-state index contributed by atoms with van der Waals surface area (Å²) >= 11 is 0. The third-order valence-electron chi connectivity index (χ3n) is 6.27. The van der Waals surface area contributed by atoms with E-state index in [-0.39, 0.29) is 17.3 Å². The molecule has 5 rings (SSSR count). The van der Waals surface area contributed by atoms with Gasteiger partial charge in [0.2, 0.25) is 5.95 Å². The summed E-state index contributed by atoms with van der Waals surface area (Å²) in [5.74, 6) is 0.467. The summed E-state index contributed by atoms with van der Waals surface area (Å²) in [5.41, 5.74) is 1.69. The summed E-state index contributed by atoms with van der Waals surface area (Å²) in [6.45, 7) is 2.59. The van der Waals surface area contributed by atoms with Gasteiger partial charge in [-0.2, -0.15) is 9.97 Å². The lowest BCUT2D eigenvalue weighted by Crippen LogP contribution is -2.45. The highest BCUT2D eigenvalue weighted by Gasteiger charge is 2.85. The van der Waals surface area contributed by atoms with Crippen LogP contribution in [-0.4, -0.2) is 67.5 Å². The molecule has 2 fully saturated rings. The number of rotatable bonds is 9. The molecule has 0 bridgehead atoms. The van der Waals surface area contributed by atoms with Gasteiger partial charge in [-0.1, -0.05) is 18.2 Å². The molecule has 1 saturated heterocycles. The zero-order valence-electron chi connectivity index (χ0n) is 19.5. The molecule has 1 aliphatic carbocycles. The van der Waals surface area contributed by atoms with Crippen LogP contribution in [0.1, 0.15) is 20.1 Å². The number of hydrogen-bond acceptors (Lipinski definition) is 11. The zero-order chi connectivity index (χ0) is 25.9. The highest BCUT2D eigenvalue weighted by Crippen LogP contribution is 2.66. The average Bonchev–Trinajstić information content (AvgIpc) is 3.10. The quantitative estimate of drug-likeness (QED) is 0.237. The van der Waals surface area contributed by atoms with E-state index in [0.717, 1.165) is 6.92 Å². The van der Waals surface area contributed by atoms with Crippen LogP contribution in [0.2, 0.25) is 0 Å². The molecule has 3 heterocycles. The van der Waals surface area contributed by atoms with Gasteiger partial charge in [0, 0.05) is 7.05 Å². The van der Waals surface area contributed by atoms with Gasteiger partial charge in [0.25, 0.3) is 0 Å². The molecule has 1 aliphatic heterocycles. The van der Waals surface area contributed by atoms with Crippen LogP contribution in [-0.2, 0) is 18.6 Å². The van der Waals surface area contributed by atoms with E-state index >= 15 is 4.39 Å². The van der Waals surface area contributed by atoms with E-state index in [1.165, 1.54) is 30.0 Å². The van der Waals surface area contributed by atoms with Crippen molar-refractivity contribution in [3.63, 3.8) is 0 Å². The standard InChI is InChI=1S/C21H25FN7O6P/c1-11(9-30)28-36(32,34-12-7-5-4-6-8-12)35-15-14-21(15,31)20(2,22)18(33-14)29-10-25-13-16(24-3)26-19(23)27-17(13)29/h4-11,14-15,18,31H,1-3H3,(H,28,32)(H3,23,24,26,27)/t11-,14?,15?,18-,20+,21+,36?/m1/s1. The number of aldehydes is 1. The summed E-state index contributed by atoms with van der Waals surface area (Å²) in [6, 6.07) is 7.19. The lowest BCUT2D eigenvalue weighted by Gasteiger charge is -2.31. The van der Waals surface area contributed by atoms with E-state index in [1.807, 2.05) is 0 Å². The van der Waals surface area contributed by atoms with E-state index in [9.17, 15) is 14.5 Å². The summed E-state index contributed by atoms with van der Waals surface area (Å²) < 4.78 is 48.0. The highest BCUT2D eigenvalue weighted by molar-refractivity contribution is 7.52. The molecule has 15 heteroatoms. The number of ether oxygens (including phenoxy) is 1. The Morgan fingerprint density at radius 2 is 2.08 bits per heavy atom. The second kappa shape index (κ2) is 8.46. The minimum atomic E-state index is -4.25. The number of nitrogen functional groups attached to an aromatic ring is 1. The van der Waals surface area contributed by atoms with Crippen LogP contribution in [0.5, 0.6) is 5.75 Å². The number of anilines is 2.